The molecule has 0 bridgehead atoms. The van der Waals surface area contributed by atoms with E-state index in [2.05, 4.69) is 91.4 Å². The zero-order valence-electron chi connectivity index (χ0n) is 13.3. The first-order valence-corrected chi connectivity index (χ1v) is 8.35. The monoisotopic (exact) mass is 345 g/mol. The van der Waals surface area contributed by atoms with E-state index in [0.717, 1.165) is 6.54 Å². The maximum Gasteiger partial charge on any atom is 0.0294 e. The molecule has 21 heavy (non-hydrogen) atoms. The summed E-state index contributed by atoms with van der Waals surface area (Å²) in [7, 11) is 0. The maximum absolute atomic E-state index is 3.59. The highest BCUT2D eigenvalue weighted by Gasteiger charge is 2.06. The standard InChI is InChI=1S/C19H24BrN/c1-13(2)17-7-9-18(10-8-17)15(4)21-12-16-6-5-14(3)19(20)11-16/h5-11,13,15,21H,12H2,1-4H3. The molecule has 0 aliphatic heterocycles. The van der Waals surface area contributed by atoms with Crippen LogP contribution in [0.2, 0.25) is 0 Å². The first kappa shape index (κ1) is 16.3. The van der Waals surface area contributed by atoms with E-state index in [1.807, 2.05) is 0 Å². The van der Waals surface area contributed by atoms with Gasteiger partial charge in [0.25, 0.3) is 0 Å². The lowest BCUT2D eigenvalue weighted by Crippen LogP contribution is -2.18. The Kier molecular flexibility index (Phi) is 5.60. The molecule has 2 heteroatoms. The van der Waals surface area contributed by atoms with Crippen molar-refractivity contribution < 1.29 is 0 Å². The molecule has 0 saturated heterocycles. The zero-order chi connectivity index (χ0) is 15.4. The highest BCUT2D eigenvalue weighted by molar-refractivity contribution is 9.10. The third kappa shape index (κ3) is 4.42. The number of halogens is 1. The van der Waals surface area contributed by atoms with Crippen LogP contribution in [0.1, 0.15) is 55.0 Å². The molecule has 2 aromatic carbocycles. The molecular weight excluding hydrogens is 322 g/mol. The number of hydrogen-bond acceptors (Lipinski definition) is 1. The molecule has 0 amide bonds. The summed E-state index contributed by atoms with van der Waals surface area (Å²) in [6, 6.07) is 15.8. The summed E-state index contributed by atoms with van der Waals surface area (Å²) in [6.07, 6.45) is 0. The van der Waals surface area contributed by atoms with Gasteiger partial charge in [-0.2, -0.15) is 0 Å². The van der Waals surface area contributed by atoms with Crippen LogP contribution in [0.3, 0.4) is 0 Å². The lowest BCUT2D eigenvalue weighted by molar-refractivity contribution is 0.574. The third-order valence-corrected chi connectivity index (χ3v) is 4.81. The number of rotatable bonds is 5. The summed E-state index contributed by atoms with van der Waals surface area (Å²) in [6.45, 7) is 9.66. The van der Waals surface area contributed by atoms with Gasteiger partial charge in [-0.1, -0.05) is 66.2 Å². The van der Waals surface area contributed by atoms with Crippen LogP contribution in [0, 0.1) is 6.92 Å². The van der Waals surface area contributed by atoms with Gasteiger partial charge in [-0.05, 0) is 48.1 Å². The second-order valence-electron chi connectivity index (χ2n) is 6.01. The normalized spacial score (nSPS) is 12.7. The number of benzene rings is 2. The van der Waals surface area contributed by atoms with E-state index < -0.39 is 0 Å². The van der Waals surface area contributed by atoms with Crippen LogP contribution >= 0.6 is 15.9 Å². The van der Waals surface area contributed by atoms with Crippen molar-refractivity contribution in [2.45, 2.75) is 46.2 Å². The molecule has 112 valence electrons. The van der Waals surface area contributed by atoms with Crippen LogP contribution in [0.5, 0.6) is 0 Å². The van der Waals surface area contributed by atoms with Gasteiger partial charge in [0.15, 0.2) is 0 Å². The van der Waals surface area contributed by atoms with Gasteiger partial charge in [0.05, 0.1) is 0 Å². The molecule has 1 nitrogen and oxygen atoms in total. The molecule has 1 N–H and O–H groups in total. The minimum Gasteiger partial charge on any atom is -0.306 e. The first-order chi connectivity index (χ1) is 9.97. The van der Waals surface area contributed by atoms with Gasteiger partial charge in [0.2, 0.25) is 0 Å². The Labute approximate surface area is 136 Å². The molecule has 2 aromatic rings. The van der Waals surface area contributed by atoms with Crippen molar-refractivity contribution in [3.8, 4) is 0 Å². The minimum atomic E-state index is 0.353. The van der Waals surface area contributed by atoms with E-state index in [1.165, 1.54) is 26.7 Å². The molecule has 0 heterocycles. The summed E-state index contributed by atoms with van der Waals surface area (Å²) in [5.74, 6) is 0.590. The molecule has 0 aliphatic rings. The van der Waals surface area contributed by atoms with Crippen LogP contribution < -0.4 is 5.32 Å². The minimum absolute atomic E-state index is 0.353. The molecule has 0 spiro atoms. The van der Waals surface area contributed by atoms with Crippen molar-refractivity contribution in [3.05, 3.63) is 69.2 Å². The maximum atomic E-state index is 3.59. The molecule has 0 fully saturated rings. The quantitative estimate of drug-likeness (QED) is 0.729. The number of nitrogens with one attached hydrogen (secondary N) is 1. The van der Waals surface area contributed by atoms with Gasteiger partial charge in [-0.15, -0.1) is 0 Å². The molecule has 1 atom stereocenters. The summed E-state index contributed by atoms with van der Waals surface area (Å²) in [5.41, 5.74) is 5.31. The van der Waals surface area contributed by atoms with Crippen LogP contribution in [-0.4, -0.2) is 0 Å². The Morgan fingerprint density at radius 3 is 2.14 bits per heavy atom. The highest BCUT2D eigenvalue weighted by atomic mass is 79.9. The summed E-state index contributed by atoms with van der Waals surface area (Å²) in [5, 5.41) is 3.59. The molecule has 0 aromatic heterocycles. The fraction of sp³-hybridized carbons (Fsp3) is 0.368. The predicted molar refractivity (Wildman–Crippen MR) is 94.7 cm³/mol. The average Bonchev–Trinajstić information content (AvgIpc) is 2.48. The van der Waals surface area contributed by atoms with Crippen molar-refractivity contribution >= 4 is 15.9 Å². The molecule has 0 aliphatic carbocycles. The van der Waals surface area contributed by atoms with E-state index in [0.29, 0.717) is 12.0 Å². The first-order valence-electron chi connectivity index (χ1n) is 7.55. The Morgan fingerprint density at radius 2 is 1.57 bits per heavy atom. The second-order valence-corrected chi connectivity index (χ2v) is 6.86. The summed E-state index contributed by atoms with van der Waals surface area (Å²) >= 11 is 3.59. The topological polar surface area (TPSA) is 12.0 Å². The van der Waals surface area contributed by atoms with Crippen molar-refractivity contribution in [2.75, 3.05) is 0 Å². The summed E-state index contributed by atoms with van der Waals surface area (Å²) in [4.78, 5) is 0. The fourth-order valence-electron chi connectivity index (χ4n) is 2.30. The lowest BCUT2D eigenvalue weighted by Gasteiger charge is -2.16. The predicted octanol–water partition coefficient (Wildman–Crippen LogP) is 5.73. The summed E-state index contributed by atoms with van der Waals surface area (Å²) < 4.78 is 1.18. The van der Waals surface area contributed by atoms with Gasteiger partial charge < -0.3 is 5.32 Å². The lowest BCUT2D eigenvalue weighted by atomic mass is 9.99. The average molecular weight is 346 g/mol. The molecule has 0 saturated carbocycles. The number of aryl methyl sites for hydroxylation is 1. The molecular formula is C19H24BrN. The smallest absolute Gasteiger partial charge is 0.0294 e. The molecule has 1 unspecified atom stereocenters. The molecule has 0 radical (unpaired) electrons. The van der Waals surface area contributed by atoms with E-state index in [9.17, 15) is 0 Å². The SMILES string of the molecule is Cc1ccc(CNC(C)c2ccc(C(C)C)cc2)cc1Br. The van der Waals surface area contributed by atoms with Gasteiger partial charge >= 0.3 is 0 Å². The fourth-order valence-corrected chi connectivity index (χ4v) is 2.73. The zero-order valence-corrected chi connectivity index (χ0v) is 14.9. The van der Waals surface area contributed by atoms with Crippen molar-refractivity contribution in [2.24, 2.45) is 0 Å². The van der Waals surface area contributed by atoms with Gasteiger partial charge in [-0.3, -0.25) is 0 Å². The van der Waals surface area contributed by atoms with E-state index in [1.54, 1.807) is 0 Å². The van der Waals surface area contributed by atoms with Gasteiger partial charge in [0.1, 0.15) is 0 Å². The van der Waals surface area contributed by atoms with Gasteiger partial charge in [0, 0.05) is 17.1 Å². The van der Waals surface area contributed by atoms with Crippen LogP contribution in [0.15, 0.2) is 46.9 Å². The number of hydrogen-bond donors (Lipinski definition) is 1. The molecule has 2 rings (SSSR count). The van der Waals surface area contributed by atoms with Crippen molar-refractivity contribution in [1.29, 1.82) is 0 Å². The van der Waals surface area contributed by atoms with Crippen LogP contribution in [-0.2, 0) is 6.54 Å². The van der Waals surface area contributed by atoms with Gasteiger partial charge in [-0.25, -0.2) is 0 Å². The van der Waals surface area contributed by atoms with E-state index in [-0.39, 0.29) is 0 Å². The Balaban J connectivity index is 1.97. The van der Waals surface area contributed by atoms with Crippen LogP contribution in [0.25, 0.3) is 0 Å². The second kappa shape index (κ2) is 7.24. The third-order valence-electron chi connectivity index (χ3n) is 3.95. The van der Waals surface area contributed by atoms with Crippen molar-refractivity contribution in [1.82, 2.24) is 5.32 Å². The Morgan fingerprint density at radius 1 is 0.952 bits per heavy atom. The van der Waals surface area contributed by atoms with Crippen molar-refractivity contribution in [3.63, 3.8) is 0 Å². The van der Waals surface area contributed by atoms with E-state index >= 15 is 0 Å². The van der Waals surface area contributed by atoms with E-state index in [4.69, 9.17) is 0 Å². The highest BCUT2D eigenvalue weighted by Crippen LogP contribution is 2.20. The Bertz CT molecular complexity index is 587. The Hall–Kier alpha value is -1.12. The largest absolute Gasteiger partial charge is 0.306 e. The van der Waals surface area contributed by atoms with Crippen LogP contribution in [0.4, 0.5) is 0 Å².